The van der Waals surface area contributed by atoms with Gasteiger partial charge < -0.3 is 0 Å². The summed E-state index contributed by atoms with van der Waals surface area (Å²) in [5, 5.41) is -0.188. The van der Waals surface area contributed by atoms with Gasteiger partial charge in [0, 0.05) is 12.7 Å². The van der Waals surface area contributed by atoms with Crippen LogP contribution in [0.25, 0.3) is 6.08 Å². The molecule has 0 spiro atoms. The molecule has 1 rings (SSSR count). The van der Waals surface area contributed by atoms with Crippen molar-refractivity contribution in [2.45, 2.75) is 19.5 Å². The summed E-state index contributed by atoms with van der Waals surface area (Å²) in [6.45, 7) is 1.46. The molecule has 0 atom stereocenters. The van der Waals surface area contributed by atoms with Gasteiger partial charge in [-0.2, -0.15) is 13.2 Å². The summed E-state index contributed by atoms with van der Waals surface area (Å²) in [6.07, 6.45) is -0.700. The Hall–Kier alpha value is -1.01. The van der Waals surface area contributed by atoms with E-state index in [0.717, 1.165) is 6.07 Å². The number of pyridine rings is 1. The summed E-state index contributed by atoms with van der Waals surface area (Å²) in [4.78, 5) is 13.9. The predicted octanol–water partition coefficient (Wildman–Crippen LogP) is 4.44. The van der Waals surface area contributed by atoms with Crippen molar-refractivity contribution in [3.8, 4) is 0 Å². The normalized spacial score (nSPS) is 12.1. The van der Waals surface area contributed by atoms with Gasteiger partial charge in [-0.05, 0) is 24.1 Å². The minimum absolute atomic E-state index is 0.0136. The van der Waals surface area contributed by atoms with E-state index in [1.165, 1.54) is 30.8 Å². The molecule has 0 amide bonds. The maximum absolute atomic E-state index is 12.5. The van der Waals surface area contributed by atoms with Crippen molar-refractivity contribution in [1.82, 2.24) is 4.98 Å². The van der Waals surface area contributed by atoms with E-state index in [4.69, 9.17) is 11.6 Å². The van der Waals surface area contributed by atoms with Crippen LogP contribution in [0.5, 0.6) is 0 Å². The number of carbonyl (C=O) groups is 1. The van der Waals surface area contributed by atoms with Crippen molar-refractivity contribution in [3.05, 3.63) is 34.6 Å². The van der Waals surface area contributed by atoms with Gasteiger partial charge in [-0.25, -0.2) is 4.98 Å². The molecule has 0 aliphatic heterocycles. The van der Waals surface area contributed by atoms with E-state index in [2.05, 4.69) is 4.98 Å². The Morgan fingerprint density at radius 3 is 2.74 bits per heavy atom. The first-order valence-corrected chi connectivity index (χ1v) is 6.70. The van der Waals surface area contributed by atoms with E-state index in [9.17, 15) is 18.0 Å². The number of nitrogens with zero attached hydrogens (tertiary/aromatic N) is 1. The van der Waals surface area contributed by atoms with E-state index in [1.54, 1.807) is 6.08 Å². The van der Waals surface area contributed by atoms with Gasteiger partial charge in [0.05, 0.1) is 0 Å². The molecule has 0 aromatic carbocycles. The molecular formula is C12H11ClF3NOS. The Bertz CT molecular complexity index is 488. The fraction of sp³-hybridized carbons (Fsp3) is 0.333. The Balaban J connectivity index is 2.71. The van der Waals surface area contributed by atoms with Gasteiger partial charge in [-0.3, -0.25) is 4.79 Å². The first kappa shape index (κ1) is 16.0. The van der Waals surface area contributed by atoms with Gasteiger partial charge in [0.1, 0.15) is 10.8 Å². The molecule has 0 aliphatic carbocycles. The number of allylic oxidation sites excluding steroid dienone is 1. The van der Waals surface area contributed by atoms with Crippen molar-refractivity contribution in [2.24, 2.45) is 0 Å². The summed E-state index contributed by atoms with van der Waals surface area (Å²) in [6, 6.07) is 2.28. The van der Waals surface area contributed by atoms with Crippen LogP contribution in [0.3, 0.4) is 0 Å². The minimum atomic E-state index is -4.52. The van der Waals surface area contributed by atoms with E-state index in [0.29, 0.717) is 17.7 Å². The zero-order chi connectivity index (χ0) is 14.5. The average Bonchev–Trinajstić information content (AvgIpc) is 2.26. The second-order valence-electron chi connectivity index (χ2n) is 3.64. The highest BCUT2D eigenvalue weighted by Crippen LogP contribution is 2.29. The van der Waals surface area contributed by atoms with Crippen LogP contribution < -0.4 is 0 Å². The molecular weight excluding hydrogens is 299 g/mol. The highest BCUT2D eigenvalue weighted by atomic mass is 35.5. The molecule has 0 bridgehead atoms. The Kier molecular flexibility index (Phi) is 5.87. The molecule has 0 unspecified atom stereocenters. The summed E-state index contributed by atoms with van der Waals surface area (Å²) in [5.74, 6) is 0.594. The minimum Gasteiger partial charge on any atom is -0.288 e. The number of rotatable bonds is 4. The molecule has 1 aromatic rings. The monoisotopic (exact) mass is 309 g/mol. The molecule has 0 aliphatic rings. The van der Waals surface area contributed by atoms with Gasteiger partial charge in [-0.15, -0.1) is 0 Å². The number of hydrogen-bond donors (Lipinski definition) is 0. The van der Waals surface area contributed by atoms with E-state index < -0.39 is 11.9 Å². The van der Waals surface area contributed by atoms with Crippen LogP contribution in [0.1, 0.15) is 24.6 Å². The number of thioether (sulfide) groups is 1. The quantitative estimate of drug-likeness (QED) is 0.608. The molecule has 2 nitrogen and oxygen atoms in total. The van der Waals surface area contributed by atoms with Gasteiger partial charge in [0.15, 0.2) is 5.12 Å². The third-order valence-electron chi connectivity index (χ3n) is 2.01. The lowest BCUT2D eigenvalue weighted by molar-refractivity contribution is -0.141. The number of carbonyl (C=O) groups excluding carboxylic acids is 1. The van der Waals surface area contributed by atoms with Crippen molar-refractivity contribution in [1.29, 1.82) is 0 Å². The van der Waals surface area contributed by atoms with Crippen LogP contribution in [0.15, 0.2) is 18.2 Å². The lowest BCUT2D eigenvalue weighted by Gasteiger charge is -2.06. The molecule has 104 valence electrons. The number of halogens is 4. The highest BCUT2D eigenvalue weighted by Gasteiger charge is 2.32. The maximum atomic E-state index is 12.5. The summed E-state index contributed by atoms with van der Waals surface area (Å²) in [5.41, 5.74) is -0.682. The highest BCUT2D eigenvalue weighted by molar-refractivity contribution is 8.13. The maximum Gasteiger partial charge on any atom is 0.433 e. The Morgan fingerprint density at radius 1 is 1.47 bits per heavy atom. The lowest BCUT2D eigenvalue weighted by Crippen LogP contribution is -2.08. The molecule has 19 heavy (non-hydrogen) atoms. The first-order chi connectivity index (χ1) is 8.79. The van der Waals surface area contributed by atoms with Crippen molar-refractivity contribution in [3.63, 3.8) is 0 Å². The van der Waals surface area contributed by atoms with E-state index in [-0.39, 0.29) is 10.3 Å². The van der Waals surface area contributed by atoms with Crippen LogP contribution in [0, 0.1) is 0 Å². The predicted molar refractivity (Wildman–Crippen MR) is 71.0 cm³/mol. The van der Waals surface area contributed by atoms with Crippen molar-refractivity contribution in [2.75, 3.05) is 5.75 Å². The molecule has 0 saturated heterocycles. The zero-order valence-corrected chi connectivity index (χ0v) is 11.6. The molecule has 0 N–H and O–H groups in total. The zero-order valence-electron chi connectivity index (χ0n) is 10.00. The van der Waals surface area contributed by atoms with Gasteiger partial charge in [-0.1, -0.05) is 35.5 Å². The van der Waals surface area contributed by atoms with Gasteiger partial charge in [0.25, 0.3) is 0 Å². The average molecular weight is 310 g/mol. The van der Waals surface area contributed by atoms with Crippen LogP contribution in [0.4, 0.5) is 13.2 Å². The van der Waals surface area contributed by atoms with Crippen LogP contribution >= 0.6 is 23.4 Å². The standard InChI is InChI=1S/C12H11ClF3NOS/c1-8(18)19-5-3-2-4-9-6-10(12(14,15)16)17-11(13)7-9/h2,4,6-7H,3,5H2,1H3. The summed E-state index contributed by atoms with van der Waals surface area (Å²) in [7, 11) is 0. The lowest BCUT2D eigenvalue weighted by atomic mass is 10.2. The topological polar surface area (TPSA) is 30.0 Å². The second kappa shape index (κ2) is 6.96. The molecule has 1 aromatic heterocycles. The van der Waals surface area contributed by atoms with Crippen LogP contribution in [-0.4, -0.2) is 15.9 Å². The Labute approximate surface area is 118 Å². The summed E-state index contributed by atoms with van der Waals surface area (Å²) < 4.78 is 37.5. The summed E-state index contributed by atoms with van der Waals surface area (Å²) >= 11 is 6.71. The van der Waals surface area contributed by atoms with Crippen molar-refractivity contribution >= 4 is 34.6 Å². The van der Waals surface area contributed by atoms with Crippen molar-refractivity contribution < 1.29 is 18.0 Å². The first-order valence-electron chi connectivity index (χ1n) is 5.34. The molecule has 0 radical (unpaired) electrons. The van der Waals surface area contributed by atoms with Crippen LogP contribution in [0.2, 0.25) is 5.15 Å². The van der Waals surface area contributed by atoms with Gasteiger partial charge >= 0.3 is 6.18 Å². The fourth-order valence-electron chi connectivity index (χ4n) is 1.25. The number of alkyl halides is 3. The molecule has 7 heteroatoms. The third kappa shape index (κ3) is 6.11. The van der Waals surface area contributed by atoms with E-state index in [1.807, 2.05) is 0 Å². The molecule has 1 heterocycles. The fourth-order valence-corrected chi connectivity index (χ4v) is 2.01. The smallest absolute Gasteiger partial charge is 0.288 e. The third-order valence-corrected chi connectivity index (χ3v) is 3.05. The number of hydrogen-bond acceptors (Lipinski definition) is 3. The largest absolute Gasteiger partial charge is 0.433 e. The van der Waals surface area contributed by atoms with Gasteiger partial charge in [0.2, 0.25) is 0 Å². The number of aromatic nitrogens is 1. The van der Waals surface area contributed by atoms with Crippen LogP contribution in [-0.2, 0) is 11.0 Å². The second-order valence-corrected chi connectivity index (χ2v) is 5.30. The molecule has 0 fully saturated rings. The SMILES string of the molecule is CC(=O)SCCC=Cc1cc(Cl)nc(C(F)(F)F)c1. The molecule has 0 saturated carbocycles. The van der Waals surface area contributed by atoms with E-state index >= 15 is 0 Å². The Morgan fingerprint density at radius 2 is 2.16 bits per heavy atom.